The van der Waals surface area contributed by atoms with Gasteiger partial charge >= 0.3 is 0 Å². The zero-order valence-corrected chi connectivity index (χ0v) is 9.58. The molecule has 0 fully saturated rings. The third-order valence-corrected chi connectivity index (χ3v) is 3.38. The Morgan fingerprint density at radius 2 is 0.462 bits per heavy atom. The molecule has 0 aromatic heterocycles. The van der Waals surface area contributed by atoms with Gasteiger partial charge in [0.05, 0.1) is 0 Å². The van der Waals surface area contributed by atoms with Crippen LogP contribution in [0.3, 0.4) is 0 Å². The van der Waals surface area contributed by atoms with Gasteiger partial charge in [-0.2, -0.15) is 0 Å². The summed E-state index contributed by atoms with van der Waals surface area (Å²) in [6.07, 6.45) is 0. The van der Waals surface area contributed by atoms with E-state index in [0.29, 0.717) is 0 Å². The van der Waals surface area contributed by atoms with Crippen molar-refractivity contribution >= 4 is 8.41 Å². The minimum atomic E-state index is 0. The fraction of sp³-hybridized carbons (Fsp3) is 0.500. The van der Waals surface area contributed by atoms with Crippen molar-refractivity contribution in [3.8, 4) is 0 Å². The molecule has 1 rings (SSSR count). The lowest BCUT2D eigenvalue weighted by Crippen LogP contribution is -1.98. The first-order chi connectivity index (χ1) is 5.46. The molecule has 69 valence electrons. The second kappa shape index (κ2) is 4.00. The molecule has 1 aromatic carbocycles. The number of hydrogen-bond acceptors (Lipinski definition) is 0. The molecule has 0 N–H and O–H groups in total. The molecule has 0 aliphatic carbocycles. The molecule has 0 atom stereocenters. The molecule has 0 saturated carbocycles. The zero-order chi connectivity index (χ0) is 9.46. The molecular formula is C12H18B. The van der Waals surface area contributed by atoms with E-state index in [1.807, 2.05) is 0 Å². The molecule has 0 spiro atoms. The van der Waals surface area contributed by atoms with Crippen molar-refractivity contribution in [2.75, 3.05) is 0 Å². The summed E-state index contributed by atoms with van der Waals surface area (Å²) in [7, 11) is 0. The summed E-state index contributed by atoms with van der Waals surface area (Å²) in [5, 5.41) is 0. The maximum Gasteiger partial charge on any atom is 0 e. The standard InChI is InChI=1S/C12H18.B/c1-7-8(2)10(4)12(6)11(5)9(7)3;/h1-6H3;. The largest absolute Gasteiger partial charge is 0.0447 e. The molecule has 0 saturated heterocycles. The summed E-state index contributed by atoms with van der Waals surface area (Å²) in [5.74, 6) is 0. The van der Waals surface area contributed by atoms with Gasteiger partial charge in [0, 0.05) is 8.41 Å². The molecule has 1 heteroatoms. The monoisotopic (exact) mass is 173 g/mol. The molecule has 3 radical (unpaired) electrons. The van der Waals surface area contributed by atoms with Gasteiger partial charge < -0.3 is 0 Å². The first-order valence-electron chi connectivity index (χ1n) is 4.50. The van der Waals surface area contributed by atoms with Crippen molar-refractivity contribution < 1.29 is 0 Å². The van der Waals surface area contributed by atoms with Crippen LogP contribution in [-0.2, 0) is 0 Å². The topological polar surface area (TPSA) is 0 Å². The van der Waals surface area contributed by atoms with Gasteiger partial charge in [-0.25, -0.2) is 0 Å². The van der Waals surface area contributed by atoms with E-state index in [9.17, 15) is 0 Å². The highest BCUT2D eigenvalue weighted by Gasteiger charge is 2.07. The average Bonchev–Trinajstić information content (AvgIpc) is 2.08. The molecule has 0 aliphatic rings. The molecule has 0 amide bonds. The van der Waals surface area contributed by atoms with Gasteiger partial charge in [0.25, 0.3) is 0 Å². The van der Waals surface area contributed by atoms with E-state index < -0.39 is 0 Å². The fourth-order valence-electron chi connectivity index (χ4n) is 1.69. The Hall–Kier alpha value is -0.715. The second-order valence-electron chi connectivity index (χ2n) is 3.75. The second-order valence-corrected chi connectivity index (χ2v) is 3.75. The summed E-state index contributed by atoms with van der Waals surface area (Å²) < 4.78 is 0. The van der Waals surface area contributed by atoms with Crippen LogP contribution in [0.15, 0.2) is 0 Å². The highest BCUT2D eigenvalue weighted by atomic mass is 14.1. The molecule has 0 unspecified atom stereocenters. The van der Waals surface area contributed by atoms with Crippen molar-refractivity contribution in [2.24, 2.45) is 0 Å². The Bertz CT molecular complexity index is 219. The maximum absolute atomic E-state index is 2.21. The van der Waals surface area contributed by atoms with Crippen molar-refractivity contribution in [3.63, 3.8) is 0 Å². The predicted molar refractivity (Wildman–Crippen MR) is 60.6 cm³/mol. The van der Waals surface area contributed by atoms with Crippen LogP contribution >= 0.6 is 0 Å². The Labute approximate surface area is 83.9 Å². The van der Waals surface area contributed by atoms with Crippen LogP contribution < -0.4 is 0 Å². The molecule has 0 bridgehead atoms. The van der Waals surface area contributed by atoms with E-state index in [4.69, 9.17) is 0 Å². The zero-order valence-electron chi connectivity index (χ0n) is 9.58. The average molecular weight is 173 g/mol. The maximum atomic E-state index is 2.21. The molecule has 0 heterocycles. The van der Waals surface area contributed by atoms with Crippen molar-refractivity contribution in [3.05, 3.63) is 33.4 Å². The Kier molecular flexibility index (Phi) is 3.78. The van der Waals surface area contributed by atoms with Crippen LogP contribution in [-0.4, -0.2) is 8.41 Å². The molecule has 13 heavy (non-hydrogen) atoms. The number of hydrogen-bond donors (Lipinski definition) is 0. The van der Waals surface area contributed by atoms with E-state index in [-0.39, 0.29) is 8.41 Å². The predicted octanol–water partition coefficient (Wildman–Crippen LogP) is 3.16. The lowest BCUT2D eigenvalue weighted by atomic mass is 9.90. The van der Waals surface area contributed by atoms with Crippen LogP contribution in [0.4, 0.5) is 0 Å². The van der Waals surface area contributed by atoms with E-state index in [1.54, 1.807) is 0 Å². The van der Waals surface area contributed by atoms with E-state index in [1.165, 1.54) is 33.4 Å². The SMILES string of the molecule is Cc1c(C)c(C)c(C)c(C)c1C.[B]. The van der Waals surface area contributed by atoms with Gasteiger partial charge in [-0.3, -0.25) is 0 Å². The minimum Gasteiger partial charge on any atom is -0.0447 e. The van der Waals surface area contributed by atoms with Gasteiger partial charge in [-0.1, -0.05) is 0 Å². The van der Waals surface area contributed by atoms with Crippen LogP contribution in [0.25, 0.3) is 0 Å². The summed E-state index contributed by atoms with van der Waals surface area (Å²) in [4.78, 5) is 0. The molecular weight excluding hydrogens is 155 g/mol. The normalized spacial score (nSPS) is 9.69. The van der Waals surface area contributed by atoms with Gasteiger partial charge in [-0.05, 0) is 74.9 Å². The Morgan fingerprint density at radius 1 is 0.385 bits per heavy atom. The number of rotatable bonds is 0. The third kappa shape index (κ3) is 1.79. The van der Waals surface area contributed by atoms with Crippen molar-refractivity contribution in [1.29, 1.82) is 0 Å². The van der Waals surface area contributed by atoms with Crippen LogP contribution in [0.5, 0.6) is 0 Å². The lowest BCUT2D eigenvalue weighted by molar-refractivity contribution is 1.13. The highest BCUT2D eigenvalue weighted by Crippen LogP contribution is 2.24. The van der Waals surface area contributed by atoms with Gasteiger partial charge in [0.2, 0.25) is 0 Å². The highest BCUT2D eigenvalue weighted by molar-refractivity contribution is 5.75. The van der Waals surface area contributed by atoms with Crippen LogP contribution in [0.1, 0.15) is 33.4 Å². The Morgan fingerprint density at radius 3 is 0.538 bits per heavy atom. The van der Waals surface area contributed by atoms with Gasteiger partial charge in [-0.15, -0.1) is 0 Å². The minimum absolute atomic E-state index is 0. The lowest BCUT2D eigenvalue weighted by Gasteiger charge is -2.15. The van der Waals surface area contributed by atoms with E-state index in [2.05, 4.69) is 41.5 Å². The first-order valence-corrected chi connectivity index (χ1v) is 4.50. The first kappa shape index (κ1) is 12.3. The molecule has 0 nitrogen and oxygen atoms in total. The summed E-state index contributed by atoms with van der Waals surface area (Å²) in [6, 6.07) is 0. The van der Waals surface area contributed by atoms with Gasteiger partial charge in [0.15, 0.2) is 0 Å². The smallest absolute Gasteiger partial charge is 0 e. The summed E-state index contributed by atoms with van der Waals surface area (Å²) in [5.41, 5.74) is 8.73. The van der Waals surface area contributed by atoms with Gasteiger partial charge in [0.1, 0.15) is 0 Å². The molecule has 1 aromatic rings. The summed E-state index contributed by atoms with van der Waals surface area (Å²) >= 11 is 0. The van der Waals surface area contributed by atoms with Crippen LogP contribution in [0.2, 0.25) is 0 Å². The van der Waals surface area contributed by atoms with Crippen molar-refractivity contribution in [2.45, 2.75) is 41.5 Å². The number of benzene rings is 1. The summed E-state index contributed by atoms with van der Waals surface area (Å²) in [6.45, 7) is 13.3. The fourth-order valence-corrected chi connectivity index (χ4v) is 1.69. The van der Waals surface area contributed by atoms with E-state index >= 15 is 0 Å². The molecule has 0 aliphatic heterocycles. The van der Waals surface area contributed by atoms with Crippen molar-refractivity contribution in [1.82, 2.24) is 0 Å². The van der Waals surface area contributed by atoms with E-state index in [0.717, 1.165) is 0 Å². The quantitative estimate of drug-likeness (QED) is 0.528. The van der Waals surface area contributed by atoms with Crippen LogP contribution in [0, 0.1) is 41.5 Å². The Balaban J connectivity index is 0.00000144. The third-order valence-electron chi connectivity index (χ3n) is 3.38.